The van der Waals surface area contributed by atoms with Crippen LogP contribution in [0.25, 0.3) is 0 Å². The molecule has 0 atom stereocenters. The summed E-state index contributed by atoms with van der Waals surface area (Å²) in [4.78, 5) is 30.4. The monoisotopic (exact) mass is 585 g/mol. The molecule has 0 radical (unpaired) electrons. The number of amides is 1. The Labute approximate surface area is 249 Å². The van der Waals surface area contributed by atoms with Gasteiger partial charge in [0.25, 0.3) is 0 Å². The smallest absolute Gasteiger partial charge is 0.303 e. The lowest BCUT2D eigenvalue weighted by Crippen LogP contribution is -2.51. The summed E-state index contributed by atoms with van der Waals surface area (Å²) >= 11 is 0. The van der Waals surface area contributed by atoms with Gasteiger partial charge in [0.15, 0.2) is 0 Å². The maximum Gasteiger partial charge on any atom is 0.303 e. The molecule has 0 spiro atoms. The minimum Gasteiger partial charge on any atom is -0.481 e. The van der Waals surface area contributed by atoms with Gasteiger partial charge in [-0.3, -0.25) is 14.4 Å². The normalized spacial score (nSPS) is 19.1. The molecule has 1 heterocycles. The Kier molecular flexibility index (Phi) is 24.8. The molecule has 242 valence electrons. The zero-order valence-electron chi connectivity index (χ0n) is 25.8. The van der Waals surface area contributed by atoms with Gasteiger partial charge in [-0.05, 0) is 95.6 Å². The van der Waals surface area contributed by atoms with Crippen molar-refractivity contribution in [2.75, 3.05) is 19.6 Å². The van der Waals surface area contributed by atoms with Crippen molar-refractivity contribution < 1.29 is 24.6 Å². The predicted octanol–water partition coefficient (Wildman–Crippen LogP) is 4.62. The third-order valence-electron chi connectivity index (χ3n) is 8.02. The van der Waals surface area contributed by atoms with Gasteiger partial charge in [-0.15, -0.1) is 0 Å². The van der Waals surface area contributed by atoms with Crippen molar-refractivity contribution in [3.63, 3.8) is 0 Å². The molecule has 2 aliphatic carbocycles. The first kappa shape index (κ1) is 39.2. The minimum atomic E-state index is -0.870. The van der Waals surface area contributed by atoms with Crippen molar-refractivity contribution in [2.45, 2.75) is 147 Å². The molecule has 41 heavy (non-hydrogen) atoms. The third-order valence-corrected chi connectivity index (χ3v) is 8.02. The average Bonchev–Trinajstić information content (AvgIpc) is 3.19. The number of rotatable bonds is 12. The van der Waals surface area contributed by atoms with E-state index in [0.717, 1.165) is 76.4 Å². The molecule has 3 fully saturated rings. The first-order valence-electron chi connectivity index (χ1n) is 16.3. The molecule has 0 unspecified atom stereocenters. The number of carboxylic acids is 2. The van der Waals surface area contributed by atoms with Crippen LogP contribution in [0.4, 0.5) is 0 Å². The molecule has 0 aromatic heterocycles. The van der Waals surface area contributed by atoms with E-state index in [1.165, 1.54) is 70.6 Å². The first-order valence-corrected chi connectivity index (χ1v) is 16.3. The number of unbranched alkanes of at least 4 members (excludes halogenated alkanes) is 4. The zero-order chi connectivity index (χ0) is 30.8. The van der Waals surface area contributed by atoms with Gasteiger partial charge in [0.2, 0.25) is 5.91 Å². The molecule has 1 saturated heterocycles. The molecule has 2 saturated carbocycles. The van der Waals surface area contributed by atoms with Crippen molar-refractivity contribution in [3.8, 4) is 0 Å². The number of nitrogens with two attached hydrogens (primary N) is 4. The lowest BCUT2D eigenvalue weighted by molar-refractivity contribution is -0.139. The van der Waals surface area contributed by atoms with Crippen molar-refractivity contribution in [2.24, 2.45) is 34.8 Å². The summed E-state index contributed by atoms with van der Waals surface area (Å²) < 4.78 is 0. The van der Waals surface area contributed by atoms with Gasteiger partial charge in [-0.25, -0.2) is 0 Å². The molecule has 3 aliphatic rings. The fourth-order valence-electron chi connectivity index (χ4n) is 5.44. The number of hydrogen-bond donors (Lipinski definition) is 7. The van der Waals surface area contributed by atoms with Crippen LogP contribution in [0.15, 0.2) is 0 Å². The van der Waals surface area contributed by atoms with E-state index in [-0.39, 0.29) is 24.4 Å². The summed E-state index contributed by atoms with van der Waals surface area (Å²) in [6.45, 7) is 2.54. The number of aliphatic carboxylic acids is 2. The van der Waals surface area contributed by atoms with Gasteiger partial charge in [0.1, 0.15) is 0 Å². The summed E-state index contributed by atoms with van der Waals surface area (Å²) in [5.41, 5.74) is 22.1. The van der Waals surface area contributed by atoms with Gasteiger partial charge in [0, 0.05) is 25.8 Å². The largest absolute Gasteiger partial charge is 0.481 e. The Balaban J connectivity index is 0.000000544. The average molecular weight is 586 g/mol. The predicted molar refractivity (Wildman–Crippen MR) is 166 cm³/mol. The summed E-state index contributed by atoms with van der Waals surface area (Å²) in [6, 6.07) is 0. The van der Waals surface area contributed by atoms with E-state index in [9.17, 15) is 14.4 Å². The third kappa shape index (κ3) is 26.9. The van der Waals surface area contributed by atoms with Gasteiger partial charge in [0.05, 0.1) is 5.66 Å². The highest BCUT2D eigenvalue weighted by Crippen LogP contribution is 2.36. The standard InChI is InChI=1S/C13H26N2.C6H16N2.C6H11NO.C6H10O4/c14-13(15)8-6-12(7-9-13)10-11-4-2-1-3-5-11;7-5-3-1-2-4-6-8;8-6-4-2-1-3-5-7-6;7-5(8)3-1-2-4-6(9)10/h11-12H,1-10,14-15H2;1-8H2;1-5H2,(H,7,8);1-4H2,(H,7,8)(H,9,10). The van der Waals surface area contributed by atoms with Crippen molar-refractivity contribution in [3.05, 3.63) is 0 Å². The molecule has 0 aromatic rings. The molecule has 0 bridgehead atoms. The van der Waals surface area contributed by atoms with Crippen LogP contribution in [-0.4, -0.2) is 53.4 Å². The van der Waals surface area contributed by atoms with Crippen LogP contribution in [0.1, 0.15) is 141 Å². The molecular weight excluding hydrogens is 522 g/mol. The van der Waals surface area contributed by atoms with E-state index in [1.54, 1.807) is 0 Å². The van der Waals surface area contributed by atoms with E-state index in [2.05, 4.69) is 5.32 Å². The summed E-state index contributed by atoms with van der Waals surface area (Å²) in [5.74, 6) is 0.429. The highest BCUT2D eigenvalue weighted by atomic mass is 16.4. The topological polar surface area (TPSA) is 208 Å². The number of carboxylic acid groups (broad SMARTS) is 2. The highest BCUT2D eigenvalue weighted by Gasteiger charge is 2.29. The van der Waals surface area contributed by atoms with Crippen LogP contribution in [0.3, 0.4) is 0 Å². The van der Waals surface area contributed by atoms with Gasteiger partial charge < -0.3 is 38.5 Å². The summed E-state index contributed by atoms with van der Waals surface area (Å²) in [6.07, 6.45) is 23.4. The van der Waals surface area contributed by atoms with E-state index in [4.69, 9.17) is 33.1 Å². The second-order valence-electron chi connectivity index (χ2n) is 12.1. The van der Waals surface area contributed by atoms with Gasteiger partial charge >= 0.3 is 11.9 Å². The summed E-state index contributed by atoms with van der Waals surface area (Å²) in [5, 5.41) is 19.1. The molecular formula is C31H63N5O5. The number of hydrogen-bond acceptors (Lipinski definition) is 7. The molecule has 10 heteroatoms. The lowest BCUT2D eigenvalue weighted by Gasteiger charge is -2.36. The quantitative estimate of drug-likeness (QED) is 0.126. The van der Waals surface area contributed by atoms with Crippen LogP contribution in [-0.2, 0) is 14.4 Å². The summed E-state index contributed by atoms with van der Waals surface area (Å²) in [7, 11) is 0. The molecule has 1 amide bonds. The number of carbonyl (C=O) groups is 3. The van der Waals surface area contributed by atoms with Crippen molar-refractivity contribution >= 4 is 17.8 Å². The second-order valence-corrected chi connectivity index (χ2v) is 12.1. The van der Waals surface area contributed by atoms with E-state index in [0.29, 0.717) is 12.8 Å². The van der Waals surface area contributed by atoms with E-state index >= 15 is 0 Å². The maximum atomic E-state index is 10.6. The Hall–Kier alpha value is -1.75. The Morgan fingerprint density at radius 2 is 1.20 bits per heavy atom. The fraction of sp³-hybridized carbons (Fsp3) is 0.903. The SMILES string of the molecule is NC1(N)CCC(CC2CCCCC2)CC1.NCCCCCCN.O=C(O)CCCCC(=O)O.O=C1CCCCCN1. The molecule has 1 aliphatic heterocycles. The Bertz CT molecular complexity index is 629. The zero-order valence-corrected chi connectivity index (χ0v) is 25.8. The fourth-order valence-corrected chi connectivity index (χ4v) is 5.44. The molecule has 11 N–H and O–H groups in total. The number of nitrogens with one attached hydrogen (secondary N) is 1. The highest BCUT2D eigenvalue weighted by molar-refractivity contribution is 5.75. The number of carbonyl (C=O) groups excluding carboxylic acids is 1. The van der Waals surface area contributed by atoms with Crippen molar-refractivity contribution in [1.82, 2.24) is 5.32 Å². The Morgan fingerprint density at radius 1 is 0.707 bits per heavy atom. The van der Waals surface area contributed by atoms with E-state index < -0.39 is 11.9 Å². The maximum absolute atomic E-state index is 10.6. The van der Waals surface area contributed by atoms with Crippen LogP contribution in [0.2, 0.25) is 0 Å². The van der Waals surface area contributed by atoms with Gasteiger partial charge in [-0.1, -0.05) is 51.4 Å². The van der Waals surface area contributed by atoms with Crippen LogP contribution in [0, 0.1) is 11.8 Å². The van der Waals surface area contributed by atoms with Crippen LogP contribution in [0.5, 0.6) is 0 Å². The molecule has 3 rings (SSSR count). The van der Waals surface area contributed by atoms with Gasteiger partial charge in [-0.2, -0.15) is 0 Å². The van der Waals surface area contributed by atoms with Crippen LogP contribution < -0.4 is 28.3 Å². The molecule has 0 aromatic carbocycles. The first-order chi connectivity index (χ1) is 19.6. The van der Waals surface area contributed by atoms with E-state index in [1.807, 2.05) is 0 Å². The Morgan fingerprint density at radius 3 is 1.68 bits per heavy atom. The lowest BCUT2D eigenvalue weighted by atomic mass is 9.75. The van der Waals surface area contributed by atoms with Crippen molar-refractivity contribution in [1.29, 1.82) is 0 Å². The second kappa shape index (κ2) is 25.9. The minimum absolute atomic E-state index is 0.0628. The van der Waals surface area contributed by atoms with Crippen LogP contribution >= 0.6 is 0 Å². The molecule has 10 nitrogen and oxygen atoms in total.